The average molecular weight is 213 g/mol. The highest BCUT2D eigenvalue weighted by atomic mass is 35.5. The SMILES string of the molecule is O=c1[nH]c2ccc(/C(Cl)=N/O)cc2o1. The lowest BCUT2D eigenvalue weighted by molar-refractivity contribution is 0.321. The number of nitrogens with zero attached hydrogens (tertiary/aromatic N) is 1. The minimum atomic E-state index is -0.533. The third-order valence-corrected chi connectivity index (χ3v) is 2.04. The van der Waals surface area contributed by atoms with Crippen molar-refractivity contribution in [2.45, 2.75) is 0 Å². The fourth-order valence-corrected chi connectivity index (χ4v) is 1.25. The van der Waals surface area contributed by atoms with Crippen molar-refractivity contribution in [1.82, 2.24) is 4.98 Å². The van der Waals surface area contributed by atoms with Crippen molar-refractivity contribution in [2.75, 3.05) is 0 Å². The highest BCUT2D eigenvalue weighted by molar-refractivity contribution is 6.69. The first kappa shape index (κ1) is 8.83. The molecule has 0 amide bonds. The normalized spacial score (nSPS) is 12.2. The van der Waals surface area contributed by atoms with Gasteiger partial charge in [-0.3, -0.25) is 4.98 Å². The molecule has 1 aromatic heterocycles. The second-order valence-corrected chi connectivity index (χ2v) is 2.97. The van der Waals surface area contributed by atoms with Crippen LogP contribution < -0.4 is 5.76 Å². The molecule has 0 saturated carbocycles. The number of nitrogens with one attached hydrogen (secondary N) is 1. The molecule has 0 aliphatic carbocycles. The molecule has 6 heteroatoms. The van der Waals surface area contributed by atoms with E-state index in [4.69, 9.17) is 21.2 Å². The summed E-state index contributed by atoms with van der Waals surface area (Å²) < 4.78 is 4.80. The van der Waals surface area contributed by atoms with Gasteiger partial charge in [-0.2, -0.15) is 0 Å². The van der Waals surface area contributed by atoms with E-state index < -0.39 is 5.76 Å². The molecule has 2 aromatic rings. The Kier molecular flexibility index (Phi) is 2.01. The number of oxazole rings is 1. The molecule has 14 heavy (non-hydrogen) atoms. The van der Waals surface area contributed by atoms with Crippen LogP contribution in [0.15, 0.2) is 32.6 Å². The van der Waals surface area contributed by atoms with Crippen LogP contribution in [0.25, 0.3) is 11.1 Å². The number of rotatable bonds is 1. The molecule has 0 radical (unpaired) electrons. The minimum absolute atomic E-state index is 0.0595. The van der Waals surface area contributed by atoms with E-state index in [2.05, 4.69) is 10.1 Å². The summed E-state index contributed by atoms with van der Waals surface area (Å²) in [5.74, 6) is -0.533. The zero-order valence-electron chi connectivity index (χ0n) is 6.82. The standard InChI is InChI=1S/C8H5ClN2O3/c9-7(11-13)4-1-2-5-6(3-4)14-8(12)10-5/h1-3,13H,(H,10,12)/b11-7-. The van der Waals surface area contributed by atoms with Gasteiger partial charge in [0.25, 0.3) is 0 Å². The van der Waals surface area contributed by atoms with Crippen molar-refractivity contribution in [2.24, 2.45) is 5.16 Å². The summed E-state index contributed by atoms with van der Waals surface area (Å²) in [6.45, 7) is 0. The molecule has 1 aromatic carbocycles. The molecule has 0 aliphatic heterocycles. The Balaban J connectivity index is 2.67. The molecule has 0 aliphatic rings. The molecular formula is C8H5ClN2O3. The average Bonchev–Trinajstić information content (AvgIpc) is 2.55. The summed E-state index contributed by atoms with van der Waals surface area (Å²) in [7, 11) is 0. The fraction of sp³-hybridized carbons (Fsp3) is 0. The second-order valence-electron chi connectivity index (χ2n) is 2.62. The van der Waals surface area contributed by atoms with Crippen molar-refractivity contribution in [1.29, 1.82) is 0 Å². The first-order chi connectivity index (χ1) is 6.70. The van der Waals surface area contributed by atoms with E-state index >= 15 is 0 Å². The zero-order valence-corrected chi connectivity index (χ0v) is 7.58. The molecular weight excluding hydrogens is 208 g/mol. The first-order valence-corrected chi connectivity index (χ1v) is 4.09. The Morgan fingerprint density at radius 3 is 3.07 bits per heavy atom. The van der Waals surface area contributed by atoms with E-state index in [1.165, 1.54) is 6.07 Å². The highest BCUT2D eigenvalue weighted by Gasteiger charge is 2.05. The Bertz CT molecular complexity index is 555. The smallest absolute Gasteiger partial charge is 0.410 e. The van der Waals surface area contributed by atoms with Gasteiger partial charge >= 0.3 is 5.76 Å². The van der Waals surface area contributed by atoms with Gasteiger partial charge in [-0.15, -0.1) is 0 Å². The summed E-state index contributed by atoms with van der Waals surface area (Å²) in [5, 5.41) is 11.2. The minimum Gasteiger partial charge on any atom is -0.410 e. The first-order valence-electron chi connectivity index (χ1n) is 3.71. The van der Waals surface area contributed by atoms with Crippen LogP contribution in [-0.4, -0.2) is 15.4 Å². The van der Waals surface area contributed by atoms with E-state index in [0.29, 0.717) is 16.7 Å². The Morgan fingerprint density at radius 2 is 2.36 bits per heavy atom. The number of H-pyrrole nitrogens is 1. The number of hydrogen-bond acceptors (Lipinski definition) is 4. The van der Waals surface area contributed by atoms with Crippen LogP contribution in [0.5, 0.6) is 0 Å². The van der Waals surface area contributed by atoms with Gasteiger partial charge in [-0.05, 0) is 18.2 Å². The molecule has 1 heterocycles. The molecule has 5 nitrogen and oxygen atoms in total. The van der Waals surface area contributed by atoms with Crippen LogP contribution in [0.3, 0.4) is 0 Å². The molecule has 72 valence electrons. The van der Waals surface area contributed by atoms with Gasteiger partial charge in [0.1, 0.15) is 0 Å². The Morgan fingerprint density at radius 1 is 1.57 bits per heavy atom. The maximum atomic E-state index is 10.8. The predicted octanol–water partition coefficient (Wildman–Crippen LogP) is 1.50. The number of aromatic amines is 1. The predicted molar refractivity (Wildman–Crippen MR) is 51.0 cm³/mol. The fourth-order valence-electron chi connectivity index (χ4n) is 1.13. The Hall–Kier alpha value is -1.75. The van der Waals surface area contributed by atoms with Crippen LogP contribution in [-0.2, 0) is 0 Å². The quantitative estimate of drug-likeness (QED) is 0.427. The second kappa shape index (κ2) is 3.19. The highest BCUT2D eigenvalue weighted by Crippen LogP contribution is 2.14. The molecule has 0 unspecified atom stereocenters. The number of hydrogen-bond donors (Lipinski definition) is 2. The number of oxime groups is 1. The molecule has 2 N–H and O–H groups in total. The lowest BCUT2D eigenvalue weighted by Gasteiger charge is -1.94. The van der Waals surface area contributed by atoms with Gasteiger partial charge in [0.15, 0.2) is 10.8 Å². The molecule has 0 fully saturated rings. The van der Waals surface area contributed by atoms with E-state index in [0.717, 1.165) is 0 Å². The van der Waals surface area contributed by atoms with E-state index in [9.17, 15) is 4.79 Å². The molecule has 0 atom stereocenters. The number of fused-ring (bicyclic) bond motifs is 1. The van der Waals surface area contributed by atoms with Gasteiger partial charge in [0, 0.05) is 5.56 Å². The maximum absolute atomic E-state index is 10.8. The van der Waals surface area contributed by atoms with Crippen LogP contribution in [0, 0.1) is 0 Å². The van der Waals surface area contributed by atoms with Crippen molar-refractivity contribution in [3.63, 3.8) is 0 Å². The number of halogens is 1. The topological polar surface area (TPSA) is 78.6 Å². The number of benzene rings is 1. The van der Waals surface area contributed by atoms with E-state index in [1.807, 2.05) is 0 Å². The van der Waals surface area contributed by atoms with E-state index in [-0.39, 0.29) is 5.17 Å². The van der Waals surface area contributed by atoms with Crippen molar-refractivity contribution >= 4 is 27.9 Å². The van der Waals surface area contributed by atoms with Crippen LogP contribution >= 0.6 is 11.6 Å². The zero-order chi connectivity index (χ0) is 10.1. The molecule has 0 spiro atoms. The molecule has 0 saturated heterocycles. The van der Waals surface area contributed by atoms with Crippen molar-refractivity contribution in [3.8, 4) is 0 Å². The lowest BCUT2D eigenvalue weighted by Crippen LogP contribution is -1.92. The monoisotopic (exact) mass is 212 g/mol. The van der Waals surface area contributed by atoms with E-state index in [1.54, 1.807) is 12.1 Å². The molecule has 2 rings (SSSR count). The third kappa shape index (κ3) is 1.38. The van der Waals surface area contributed by atoms with Gasteiger partial charge in [0.2, 0.25) is 0 Å². The van der Waals surface area contributed by atoms with Gasteiger partial charge in [-0.1, -0.05) is 16.8 Å². The summed E-state index contributed by atoms with van der Waals surface area (Å²) in [5.41, 5.74) is 1.42. The van der Waals surface area contributed by atoms with Gasteiger partial charge < -0.3 is 9.62 Å². The van der Waals surface area contributed by atoms with Gasteiger partial charge in [0.05, 0.1) is 5.52 Å². The summed E-state index contributed by atoms with van der Waals surface area (Å²) >= 11 is 5.57. The largest absolute Gasteiger partial charge is 0.417 e. The third-order valence-electron chi connectivity index (χ3n) is 1.75. The van der Waals surface area contributed by atoms with Crippen LogP contribution in [0.4, 0.5) is 0 Å². The van der Waals surface area contributed by atoms with Crippen molar-refractivity contribution in [3.05, 3.63) is 34.3 Å². The number of aromatic nitrogens is 1. The maximum Gasteiger partial charge on any atom is 0.417 e. The molecule has 0 bridgehead atoms. The van der Waals surface area contributed by atoms with Gasteiger partial charge in [-0.25, -0.2) is 4.79 Å². The summed E-state index contributed by atoms with van der Waals surface area (Å²) in [6.07, 6.45) is 0. The van der Waals surface area contributed by atoms with Crippen LogP contribution in [0.1, 0.15) is 5.56 Å². The Labute approximate surface area is 82.6 Å². The van der Waals surface area contributed by atoms with Crippen LogP contribution in [0.2, 0.25) is 0 Å². The van der Waals surface area contributed by atoms with Crippen molar-refractivity contribution < 1.29 is 9.62 Å². The summed E-state index contributed by atoms with van der Waals surface area (Å²) in [4.78, 5) is 13.3. The summed E-state index contributed by atoms with van der Waals surface area (Å²) in [6, 6.07) is 4.73. The lowest BCUT2D eigenvalue weighted by atomic mass is 10.2.